The number of hydrogen-bond donors (Lipinski definition) is 1. The average Bonchev–Trinajstić information content (AvgIpc) is 2.09. The number of rotatable bonds is 3. The molecule has 0 aliphatic carbocycles. The largest absolute Gasteiger partial charge is 0.355 e. The fourth-order valence-electron chi connectivity index (χ4n) is 0.770. The molecule has 0 aliphatic heterocycles. The minimum absolute atomic E-state index is 0.0719. The van der Waals surface area contributed by atoms with Crippen LogP contribution in [0, 0.1) is 9.39 Å². The Balaban J connectivity index is 3.01. The van der Waals surface area contributed by atoms with E-state index in [1.54, 1.807) is 27.3 Å². The zero-order valence-corrected chi connectivity index (χ0v) is 10.0. The number of benzene rings is 1. The zero-order chi connectivity index (χ0) is 11.6. The molecule has 0 fully saturated rings. The second kappa shape index (κ2) is 4.56. The van der Waals surface area contributed by atoms with E-state index in [-0.39, 0.29) is 9.26 Å². The van der Waals surface area contributed by atoms with Crippen molar-refractivity contribution in [2.45, 2.75) is 5.76 Å². The van der Waals surface area contributed by atoms with E-state index in [0.29, 0.717) is 0 Å². The molecule has 0 unspecified atom stereocenters. The van der Waals surface area contributed by atoms with Crippen molar-refractivity contribution in [3.63, 3.8) is 0 Å². The lowest BCUT2D eigenvalue weighted by Crippen LogP contribution is -2.21. The van der Waals surface area contributed by atoms with E-state index in [9.17, 15) is 21.6 Å². The number of sulfonamides is 1. The molecule has 1 N–H and O–H groups in total. The standard InChI is InChI=1S/C7H5F3INO2S/c8-4-1-2-6(5(11)3-4)12-15(13,14)7(9)10/h1-3,7,12H. The van der Waals surface area contributed by atoms with Crippen LogP contribution in [0.5, 0.6) is 0 Å². The molecule has 1 aromatic rings. The van der Waals surface area contributed by atoms with Crippen LogP contribution in [0.25, 0.3) is 0 Å². The Bertz CT molecular complexity index is 463. The summed E-state index contributed by atoms with van der Waals surface area (Å²) in [5.74, 6) is -4.09. The van der Waals surface area contributed by atoms with Gasteiger partial charge in [0.2, 0.25) is 0 Å². The molecule has 8 heteroatoms. The molecule has 1 aromatic carbocycles. The average molecular weight is 351 g/mol. The Morgan fingerprint density at radius 1 is 1.33 bits per heavy atom. The third-order valence-electron chi connectivity index (χ3n) is 1.42. The van der Waals surface area contributed by atoms with Crippen molar-refractivity contribution in [3.05, 3.63) is 27.6 Å². The van der Waals surface area contributed by atoms with Gasteiger partial charge in [-0.2, -0.15) is 8.78 Å². The summed E-state index contributed by atoms with van der Waals surface area (Å²) >= 11 is 1.64. The summed E-state index contributed by atoms with van der Waals surface area (Å²) in [4.78, 5) is 0. The molecular weight excluding hydrogens is 346 g/mol. The highest BCUT2D eigenvalue weighted by Crippen LogP contribution is 2.21. The van der Waals surface area contributed by atoms with Crippen LogP contribution < -0.4 is 4.72 Å². The molecule has 0 heterocycles. The molecule has 0 amide bonds. The Labute approximate surface area is 97.9 Å². The predicted octanol–water partition coefficient (Wildman–Crippen LogP) is 2.39. The Kier molecular flexibility index (Phi) is 3.82. The summed E-state index contributed by atoms with van der Waals surface area (Å²) in [5, 5.41) is 0. The summed E-state index contributed by atoms with van der Waals surface area (Å²) in [7, 11) is -4.70. The third kappa shape index (κ3) is 3.23. The Hall–Kier alpha value is -0.510. The fourth-order valence-corrected chi connectivity index (χ4v) is 2.14. The van der Waals surface area contributed by atoms with Gasteiger partial charge >= 0.3 is 5.76 Å². The first-order valence-electron chi connectivity index (χ1n) is 3.58. The normalized spacial score (nSPS) is 11.8. The third-order valence-corrected chi connectivity index (χ3v) is 3.28. The summed E-state index contributed by atoms with van der Waals surface area (Å²) in [6.45, 7) is 0. The first kappa shape index (κ1) is 12.6. The number of hydrogen-bond acceptors (Lipinski definition) is 2. The van der Waals surface area contributed by atoms with E-state index in [0.717, 1.165) is 18.2 Å². The molecule has 0 saturated carbocycles. The van der Waals surface area contributed by atoms with Gasteiger partial charge in [0.1, 0.15) is 5.82 Å². The molecular formula is C7H5F3INO2S. The SMILES string of the molecule is O=S(=O)(Nc1ccc(F)cc1I)C(F)F. The lowest BCUT2D eigenvalue weighted by molar-refractivity contribution is 0.236. The van der Waals surface area contributed by atoms with Gasteiger partial charge in [0.15, 0.2) is 0 Å². The van der Waals surface area contributed by atoms with Crippen molar-refractivity contribution in [1.82, 2.24) is 0 Å². The van der Waals surface area contributed by atoms with Crippen LogP contribution in [0.15, 0.2) is 18.2 Å². The second-order valence-electron chi connectivity index (χ2n) is 2.53. The topological polar surface area (TPSA) is 46.2 Å². The quantitative estimate of drug-likeness (QED) is 0.851. The van der Waals surface area contributed by atoms with Crippen molar-refractivity contribution in [2.24, 2.45) is 0 Å². The summed E-state index contributed by atoms with van der Waals surface area (Å²) in [6, 6.07) is 3.09. The molecule has 15 heavy (non-hydrogen) atoms. The zero-order valence-electron chi connectivity index (χ0n) is 7.05. The van der Waals surface area contributed by atoms with Crippen molar-refractivity contribution in [1.29, 1.82) is 0 Å². The highest BCUT2D eigenvalue weighted by Gasteiger charge is 2.24. The van der Waals surface area contributed by atoms with Gasteiger partial charge in [0.05, 0.1) is 5.69 Å². The van der Waals surface area contributed by atoms with Crippen LogP contribution in [0.1, 0.15) is 0 Å². The molecule has 0 saturated heterocycles. The molecule has 0 radical (unpaired) electrons. The monoisotopic (exact) mass is 351 g/mol. The summed E-state index contributed by atoms with van der Waals surface area (Å²) in [5.41, 5.74) is -0.0719. The number of nitrogens with one attached hydrogen (secondary N) is 1. The molecule has 0 spiro atoms. The van der Waals surface area contributed by atoms with Crippen LogP contribution in [-0.4, -0.2) is 14.2 Å². The maximum absolute atomic E-state index is 12.6. The van der Waals surface area contributed by atoms with Gasteiger partial charge in [-0.05, 0) is 40.8 Å². The molecule has 84 valence electrons. The smallest absolute Gasteiger partial charge is 0.278 e. The van der Waals surface area contributed by atoms with Gasteiger partial charge in [-0.1, -0.05) is 0 Å². The first-order chi connectivity index (χ1) is 6.83. The summed E-state index contributed by atoms with van der Waals surface area (Å²) < 4.78 is 60.0. The molecule has 1 rings (SSSR count). The van der Waals surface area contributed by atoms with E-state index in [2.05, 4.69) is 0 Å². The molecule has 3 nitrogen and oxygen atoms in total. The van der Waals surface area contributed by atoms with Crippen molar-refractivity contribution in [2.75, 3.05) is 4.72 Å². The van der Waals surface area contributed by atoms with Gasteiger partial charge in [0, 0.05) is 3.57 Å². The van der Waals surface area contributed by atoms with Gasteiger partial charge in [-0.25, -0.2) is 12.8 Å². The van der Waals surface area contributed by atoms with Crippen LogP contribution in [-0.2, 0) is 10.0 Å². The van der Waals surface area contributed by atoms with E-state index < -0.39 is 21.6 Å². The highest BCUT2D eigenvalue weighted by atomic mass is 127. The van der Waals surface area contributed by atoms with E-state index >= 15 is 0 Å². The minimum Gasteiger partial charge on any atom is -0.278 e. The lowest BCUT2D eigenvalue weighted by atomic mass is 10.3. The Morgan fingerprint density at radius 3 is 2.40 bits per heavy atom. The second-order valence-corrected chi connectivity index (χ2v) is 5.34. The van der Waals surface area contributed by atoms with Gasteiger partial charge in [0.25, 0.3) is 10.0 Å². The first-order valence-corrected chi connectivity index (χ1v) is 6.20. The lowest BCUT2D eigenvalue weighted by Gasteiger charge is -2.08. The van der Waals surface area contributed by atoms with Crippen molar-refractivity contribution < 1.29 is 21.6 Å². The molecule has 0 bridgehead atoms. The van der Waals surface area contributed by atoms with Crippen LogP contribution >= 0.6 is 22.6 Å². The molecule has 0 aliphatic rings. The molecule has 0 aromatic heterocycles. The van der Waals surface area contributed by atoms with E-state index in [1.165, 1.54) is 0 Å². The molecule has 0 atom stereocenters. The van der Waals surface area contributed by atoms with Gasteiger partial charge in [-0.15, -0.1) is 0 Å². The van der Waals surface area contributed by atoms with E-state index in [1.807, 2.05) is 0 Å². The minimum atomic E-state index is -4.70. The van der Waals surface area contributed by atoms with Crippen LogP contribution in [0.2, 0.25) is 0 Å². The number of anilines is 1. The predicted molar refractivity (Wildman–Crippen MR) is 57.7 cm³/mol. The van der Waals surface area contributed by atoms with E-state index in [4.69, 9.17) is 0 Å². The van der Waals surface area contributed by atoms with Crippen molar-refractivity contribution in [3.8, 4) is 0 Å². The van der Waals surface area contributed by atoms with Crippen LogP contribution in [0.4, 0.5) is 18.9 Å². The van der Waals surface area contributed by atoms with Crippen LogP contribution in [0.3, 0.4) is 0 Å². The highest BCUT2D eigenvalue weighted by molar-refractivity contribution is 14.1. The van der Waals surface area contributed by atoms with Crippen molar-refractivity contribution >= 4 is 38.3 Å². The maximum Gasteiger partial charge on any atom is 0.355 e. The number of halogens is 4. The summed E-state index contributed by atoms with van der Waals surface area (Å²) in [6.07, 6.45) is 0. The number of alkyl halides is 2. The maximum atomic E-state index is 12.6. The Morgan fingerprint density at radius 2 is 1.93 bits per heavy atom. The fraction of sp³-hybridized carbons (Fsp3) is 0.143. The van der Waals surface area contributed by atoms with Gasteiger partial charge in [-0.3, -0.25) is 4.72 Å². The van der Waals surface area contributed by atoms with Gasteiger partial charge < -0.3 is 0 Å².